The molecule has 6 aromatic rings. The number of ether oxygens (including phenoxy) is 4. The van der Waals surface area contributed by atoms with E-state index < -0.39 is 53.3 Å². The van der Waals surface area contributed by atoms with Crippen LogP contribution in [0.25, 0.3) is 28.0 Å². The van der Waals surface area contributed by atoms with E-state index in [-0.39, 0.29) is 66.1 Å². The molecule has 77 heavy (non-hydrogen) atoms. The van der Waals surface area contributed by atoms with Gasteiger partial charge >= 0.3 is 11.9 Å². The fourth-order valence-electron chi connectivity index (χ4n) is 16.4. The van der Waals surface area contributed by atoms with E-state index in [1.165, 1.54) is 32.3 Å². The van der Waals surface area contributed by atoms with Gasteiger partial charge in [-0.2, -0.15) is 0 Å². The van der Waals surface area contributed by atoms with Gasteiger partial charge in [0.2, 0.25) is 0 Å². The summed E-state index contributed by atoms with van der Waals surface area (Å²) in [6, 6.07) is 35.1. The number of aliphatic hydroxyl groups excluding tert-OH is 2. The molecule has 6 aliphatic carbocycles. The molecule has 0 aromatic heterocycles. The summed E-state index contributed by atoms with van der Waals surface area (Å²) in [7, 11) is 3.06. The maximum Gasteiger partial charge on any atom is 0.317 e. The molecule has 6 N–H and O–H groups in total. The molecule has 11 atom stereocenters. The van der Waals surface area contributed by atoms with Crippen LogP contribution >= 0.6 is 0 Å². The molecule has 6 aliphatic rings. The van der Waals surface area contributed by atoms with E-state index in [1.807, 2.05) is 66.7 Å². The zero-order valence-corrected chi connectivity index (χ0v) is 43.9. The minimum absolute atomic E-state index is 0.00458. The lowest BCUT2D eigenvalue weighted by Crippen LogP contribution is -2.64. The highest BCUT2D eigenvalue weighted by molar-refractivity contribution is 5.99. The number of fused-ring (bicyclic) bond motifs is 6. The van der Waals surface area contributed by atoms with Crippen LogP contribution in [0.4, 0.5) is 0 Å². The number of phenols is 3. The maximum absolute atomic E-state index is 16.2. The number of aryl methyl sites for hydroxylation is 1. The summed E-state index contributed by atoms with van der Waals surface area (Å²) < 4.78 is 25.6. The van der Waals surface area contributed by atoms with Crippen LogP contribution in [0.1, 0.15) is 115 Å². The van der Waals surface area contributed by atoms with Gasteiger partial charge in [0, 0.05) is 24.7 Å². The number of esters is 2. The van der Waals surface area contributed by atoms with Crippen molar-refractivity contribution in [2.24, 2.45) is 29.1 Å². The number of rotatable bonds is 11. The van der Waals surface area contributed by atoms with Crippen molar-refractivity contribution in [3.63, 3.8) is 0 Å². The monoisotopic (exact) mass is 1040 g/mol. The van der Waals surface area contributed by atoms with Crippen LogP contribution in [-0.4, -0.2) is 81.4 Å². The van der Waals surface area contributed by atoms with E-state index in [1.54, 1.807) is 18.2 Å². The van der Waals surface area contributed by atoms with Gasteiger partial charge in [-0.3, -0.25) is 9.59 Å². The summed E-state index contributed by atoms with van der Waals surface area (Å²) in [6.07, 6.45) is 3.70. The standard InChI is InChI=1S/C65H68O12/c1-35(66)76-58-31-46(77-63(73)64(21-9-14-42(64)19-20-61(71)72)43-17-16-39-23-45(67)29-48(47(39)28-43)37-11-5-4-6-12-37)30-51-49-33-60(75-3)56(69)26-40(49)24-52-55(68)34-53-50-32-57(70)59(74-2)27-41(50)25-54(58)65(53,62(51)52)44-18-15-36-10-7-8-13-38(36)22-44/h4-8,10-13,16-17,22-23,26-29,32-33,42,46,51-55,58,61-62,67-72H,9,14-15,18-21,24-25,30-31,34H2,1-3H3/t42-,46-,51+,52+,53-,54+,55-,58+,62-,64+,65+/m0/s1. The Balaban J connectivity index is 1.06. The van der Waals surface area contributed by atoms with E-state index in [4.69, 9.17) is 18.9 Å². The Hall–Kier alpha value is -6.86. The van der Waals surface area contributed by atoms with Gasteiger partial charge in [0.15, 0.2) is 29.3 Å². The number of carbonyl (C=O) groups excluding carboxylic acids is 2. The SMILES string of the molecule is COc1cc2c(cc1O)[C@@H]1C[C@H](O)[C@H]3Cc4cc(O)c(OC)cc4[C@H]4C[C@H](OC(=O)[C@]5(c6ccc7cc(O)cc(-c8ccccc8)c7c6)CCC[C@H]5CCC(O)O)C[C@@H](OC(C)=O)[C@@H](C2)[C@]1(C1=Cc2ccccc2CC1)[C@H]34. The number of carbonyl (C=O) groups is 2. The highest BCUT2D eigenvalue weighted by Gasteiger charge is 2.68. The van der Waals surface area contributed by atoms with Crippen LogP contribution in [0.15, 0.2) is 115 Å². The van der Waals surface area contributed by atoms with Crippen LogP contribution < -0.4 is 9.47 Å². The first-order valence-electron chi connectivity index (χ1n) is 27.5. The maximum atomic E-state index is 16.2. The van der Waals surface area contributed by atoms with Gasteiger partial charge in [-0.1, -0.05) is 84.8 Å². The third-order valence-corrected chi connectivity index (χ3v) is 19.3. The zero-order valence-electron chi connectivity index (χ0n) is 43.9. The minimum atomic E-state index is -1.58. The molecule has 0 unspecified atom stereocenters. The number of phenolic OH excluding ortho intramolecular Hbond substituents is 3. The Morgan fingerprint density at radius 2 is 1.51 bits per heavy atom. The van der Waals surface area contributed by atoms with Crippen LogP contribution in [0, 0.1) is 29.1 Å². The van der Waals surface area contributed by atoms with E-state index in [0.29, 0.717) is 62.9 Å². The summed E-state index contributed by atoms with van der Waals surface area (Å²) >= 11 is 0. The van der Waals surface area contributed by atoms with E-state index in [9.17, 15) is 35.4 Å². The van der Waals surface area contributed by atoms with Crippen molar-refractivity contribution in [2.75, 3.05) is 14.2 Å². The topological polar surface area (TPSA) is 192 Å². The normalized spacial score (nSPS) is 28.9. The lowest BCUT2D eigenvalue weighted by Gasteiger charge is -2.66. The first-order valence-corrected chi connectivity index (χ1v) is 27.5. The van der Waals surface area contributed by atoms with Crippen molar-refractivity contribution in [1.29, 1.82) is 0 Å². The summed E-state index contributed by atoms with van der Waals surface area (Å²) in [5, 5.41) is 69.2. The fourth-order valence-corrected chi connectivity index (χ4v) is 16.4. The highest BCUT2D eigenvalue weighted by Crippen LogP contribution is 2.72. The fraction of sp³-hybridized carbons (Fsp3) is 0.415. The number of benzene rings is 6. The molecule has 12 rings (SSSR count). The number of hydrogen-bond acceptors (Lipinski definition) is 12. The molecule has 0 bridgehead atoms. The van der Waals surface area contributed by atoms with Gasteiger partial charge in [0.1, 0.15) is 18.0 Å². The van der Waals surface area contributed by atoms with Gasteiger partial charge < -0.3 is 49.6 Å². The van der Waals surface area contributed by atoms with E-state index in [2.05, 4.69) is 30.3 Å². The predicted octanol–water partition coefficient (Wildman–Crippen LogP) is 10.7. The average Bonchev–Trinajstić information content (AvgIpc) is 4.03. The van der Waals surface area contributed by atoms with Crippen molar-refractivity contribution < 1.29 is 59.2 Å². The molecule has 0 radical (unpaired) electrons. The molecule has 3 fully saturated rings. The first kappa shape index (κ1) is 50.9. The lowest BCUT2D eigenvalue weighted by atomic mass is 9.38. The molecule has 0 spiro atoms. The molecule has 3 saturated carbocycles. The van der Waals surface area contributed by atoms with E-state index in [0.717, 1.165) is 61.7 Å². The largest absolute Gasteiger partial charge is 0.508 e. The Labute approximate surface area is 448 Å². The highest BCUT2D eigenvalue weighted by atomic mass is 16.6. The quantitative estimate of drug-likeness (QED) is 0.0532. The molecule has 400 valence electrons. The molecule has 0 heterocycles. The van der Waals surface area contributed by atoms with Crippen molar-refractivity contribution in [2.45, 2.75) is 126 Å². The van der Waals surface area contributed by atoms with Crippen molar-refractivity contribution in [3.8, 4) is 39.9 Å². The third-order valence-electron chi connectivity index (χ3n) is 19.3. The minimum Gasteiger partial charge on any atom is -0.508 e. The van der Waals surface area contributed by atoms with Crippen LogP contribution in [0.2, 0.25) is 0 Å². The Kier molecular flexibility index (Phi) is 13.1. The molecular weight excluding hydrogens is 973 g/mol. The first-order chi connectivity index (χ1) is 37.2. The molecule has 12 nitrogen and oxygen atoms in total. The number of methoxy groups -OCH3 is 2. The molecule has 0 aliphatic heterocycles. The summed E-state index contributed by atoms with van der Waals surface area (Å²) in [5.74, 6) is -2.31. The Morgan fingerprint density at radius 3 is 2.29 bits per heavy atom. The number of aliphatic hydroxyl groups is 3. The van der Waals surface area contributed by atoms with Gasteiger partial charge in [-0.15, -0.1) is 0 Å². The van der Waals surface area contributed by atoms with Gasteiger partial charge in [0.05, 0.1) is 25.7 Å². The Bertz CT molecular complexity index is 3310. The van der Waals surface area contributed by atoms with Crippen molar-refractivity contribution in [3.05, 3.63) is 154 Å². The van der Waals surface area contributed by atoms with Gasteiger partial charge in [-0.25, -0.2) is 0 Å². The van der Waals surface area contributed by atoms with Gasteiger partial charge in [0.25, 0.3) is 0 Å². The summed E-state index contributed by atoms with van der Waals surface area (Å²) in [6.45, 7) is 1.43. The second-order valence-corrected chi connectivity index (χ2v) is 23.0. The van der Waals surface area contributed by atoms with Crippen LogP contribution in [-0.2, 0) is 43.7 Å². The molecule has 12 heteroatoms. The zero-order chi connectivity index (χ0) is 53.5. The third kappa shape index (κ3) is 8.44. The lowest BCUT2D eigenvalue weighted by molar-refractivity contribution is -0.181. The number of aromatic hydroxyl groups is 3. The molecule has 6 aromatic carbocycles. The number of allylic oxidation sites excluding steroid dienone is 1. The van der Waals surface area contributed by atoms with Gasteiger partial charge in [-0.05, 0) is 197 Å². The van der Waals surface area contributed by atoms with E-state index >= 15 is 4.79 Å². The predicted molar refractivity (Wildman–Crippen MR) is 291 cm³/mol. The molecule has 0 saturated heterocycles. The second kappa shape index (κ2) is 19.9. The van der Waals surface area contributed by atoms with Crippen molar-refractivity contribution in [1.82, 2.24) is 0 Å². The summed E-state index contributed by atoms with van der Waals surface area (Å²) in [4.78, 5) is 30.1. The van der Waals surface area contributed by atoms with Crippen molar-refractivity contribution >= 4 is 28.8 Å². The van der Waals surface area contributed by atoms with Crippen LogP contribution in [0.3, 0.4) is 0 Å². The smallest absolute Gasteiger partial charge is 0.317 e. The Morgan fingerprint density at radius 1 is 0.753 bits per heavy atom. The number of hydrogen-bond donors (Lipinski definition) is 6. The summed E-state index contributed by atoms with van der Waals surface area (Å²) in [5.41, 5.74) is 7.68. The van der Waals surface area contributed by atoms with Crippen LogP contribution in [0.5, 0.6) is 28.7 Å². The average molecular weight is 1040 g/mol. The molecule has 0 amide bonds. The second-order valence-electron chi connectivity index (χ2n) is 23.0. The molecular formula is C65H68O12.